The minimum absolute atomic E-state index is 0.00362. The second-order valence-electron chi connectivity index (χ2n) is 10.8. The Morgan fingerprint density at radius 3 is 2.55 bits per heavy atom. The van der Waals surface area contributed by atoms with E-state index in [-0.39, 0.29) is 47.9 Å². The van der Waals surface area contributed by atoms with Crippen molar-refractivity contribution in [3.63, 3.8) is 0 Å². The van der Waals surface area contributed by atoms with Gasteiger partial charge in [-0.25, -0.2) is 4.39 Å². The number of rotatable bonds is 11. The second-order valence-corrected chi connectivity index (χ2v) is 10.8. The van der Waals surface area contributed by atoms with Crippen molar-refractivity contribution in [2.45, 2.75) is 58.1 Å². The molecule has 5 N–H and O–H groups in total. The SMILES string of the molecule is Cc1cc(C(Nc2cc3c(cc2F)CNC3=O)C(=O)N(C)Cc2cc(N)ccc2OC(F)(F)F)ccc1[C@@H](C)CCC(=O)O. The van der Waals surface area contributed by atoms with Crippen LogP contribution in [0.5, 0.6) is 5.75 Å². The third kappa shape index (κ3) is 7.57. The monoisotopic (exact) mass is 616 g/mol. The molecule has 0 spiro atoms. The maximum atomic E-state index is 15.2. The van der Waals surface area contributed by atoms with Gasteiger partial charge in [-0.2, -0.15) is 0 Å². The summed E-state index contributed by atoms with van der Waals surface area (Å²) in [6.45, 7) is 3.53. The first kappa shape index (κ1) is 32.1. The number of likely N-dealkylation sites (N-methyl/N-ethyl adjacent to an activating group) is 1. The number of nitrogens with two attached hydrogens (primary N) is 1. The van der Waals surface area contributed by atoms with E-state index in [1.807, 2.05) is 6.92 Å². The molecule has 0 saturated heterocycles. The van der Waals surface area contributed by atoms with Gasteiger partial charge in [0.1, 0.15) is 17.6 Å². The van der Waals surface area contributed by atoms with E-state index in [2.05, 4.69) is 15.4 Å². The van der Waals surface area contributed by atoms with E-state index in [1.165, 1.54) is 31.3 Å². The molecule has 234 valence electrons. The topological polar surface area (TPSA) is 134 Å². The number of ether oxygens (including phenoxy) is 1. The Kier molecular flexibility index (Phi) is 9.36. The molecule has 3 aromatic rings. The molecular formula is C31H32F4N4O5. The van der Waals surface area contributed by atoms with Crippen molar-refractivity contribution in [3.05, 3.63) is 87.7 Å². The first-order valence-electron chi connectivity index (χ1n) is 13.7. The van der Waals surface area contributed by atoms with Crippen LogP contribution in [0.25, 0.3) is 0 Å². The number of aryl methyl sites for hydroxylation is 1. The fourth-order valence-corrected chi connectivity index (χ4v) is 5.22. The van der Waals surface area contributed by atoms with Crippen molar-refractivity contribution in [1.29, 1.82) is 0 Å². The van der Waals surface area contributed by atoms with Crippen molar-refractivity contribution in [3.8, 4) is 5.75 Å². The van der Waals surface area contributed by atoms with E-state index in [0.717, 1.165) is 22.1 Å². The molecule has 1 heterocycles. The molecule has 3 aromatic carbocycles. The highest BCUT2D eigenvalue weighted by molar-refractivity contribution is 5.99. The zero-order valence-corrected chi connectivity index (χ0v) is 24.2. The molecule has 0 aromatic heterocycles. The van der Waals surface area contributed by atoms with Gasteiger partial charge >= 0.3 is 12.3 Å². The van der Waals surface area contributed by atoms with Gasteiger partial charge in [0.05, 0.1) is 5.69 Å². The van der Waals surface area contributed by atoms with E-state index in [1.54, 1.807) is 25.1 Å². The van der Waals surface area contributed by atoms with Crippen molar-refractivity contribution in [2.75, 3.05) is 18.1 Å². The van der Waals surface area contributed by atoms with Crippen LogP contribution in [0, 0.1) is 12.7 Å². The van der Waals surface area contributed by atoms with Crippen LogP contribution >= 0.6 is 0 Å². The maximum Gasteiger partial charge on any atom is 0.573 e. The van der Waals surface area contributed by atoms with Crippen LogP contribution in [-0.2, 0) is 22.7 Å². The highest BCUT2D eigenvalue weighted by atomic mass is 19.4. The van der Waals surface area contributed by atoms with E-state index < -0.39 is 41.8 Å². The van der Waals surface area contributed by atoms with Crippen LogP contribution in [0.3, 0.4) is 0 Å². The Balaban J connectivity index is 1.70. The van der Waals surface area contributed by atoms with Gasteiger partial charge < -0.3 is 31.1 Å². The Morgan fingerprint density at radius 1 is 1.16 bits per heavy atom. The molecule has 2 atom stereocenters. The van der Waals surface area contributed by atoms with Gasteiger partial charge in [-0.05, 0) is 71.8 Å². The summed E-state index contributed by atoms with van der Waals surface area (Å²) in [6, 6.07) is 9.99. The number of hydrogen-bond acceptors (Lipinski definition) is 6. The van der Waals surface area contributed by atoms with Gasteiger partial charge in [-0.3, -0.25) is 14.4 Å². The standard InChI is InChI=1S/C31H32F4N4O5/c1-16(4-9-27(40)41)22-7-5-18(10-17(22)2)28(38-25-13-23-19(12-24(25)32)14-37-29(23)42)30(43)39(3)15-20-11-21(36)6-8-26(20)44-31(33,34)35/h5-8,10-13,16,28,38H,4,9,14-15,36H2,1-3H3,(H,37,42)(H,40,41)/t16-,28?/m0/s1. The van der Waals surface area contributed by atoms with Gasteiger partial charge in [0.25, 0.3) is 5.91 Å². The van der Waals surface area contributed by atoms with E-state index >= 15 is 4.39 Å². The van der Waals surface area contributed by atoms with Crippen LogP contribution < -0.4 is 21.1 Å². The Labute approximate surface area is 251 Å². The third-order valence-electron chi connectivity index (χ3n) is 7.47. The van der Waals surface area contributed by atoms with E-state index in [9.17, 15) is 27.6 Å². The number of carbonyl (C=O) groups excluding carboxylic acids is 2. The quantitative estimate of drug-likeness (QED) is 0.162. The number of hydrogen-bond donors (Lipinski definition) is 4. The number of aliphatic carboxylic acids is 1. The number of fused-ring (bicyclic) bond motifs is 1. The van der Waals surface area contributed by atoms with Crippen molar-refractivity contribution in [1.82, 2.24) is 10.2 Å². The number of alkyl halides is 3. The lowest BCUT2D eigenvalue weighted by Gasteiger charge is -2.27. The Bertz CT molecular complexity index is 1590. The molecule has 1 aliphatic heterocycles. The lowest BCUT2D eigenvalue weighted by atomic mass is 9.90. The molecule has 2 amide bonds. The summed E-state index contributed by atoms with van der Waals surface area (Å²) in [5.74, 6) is -3.26. The highest BCUT2D eigenvalue weighted by Crippen LogP contribution is 2.33. The van der Waals surface area contributed by atoms with Gasteiger partial charge in [0.15, 0.2) is 0 Å². The number of carbonyl (C=O) groups is 3. The molecule has 1 aliphatic rings. The molecule has 0 fully saturated rings. The summed E-state index contributed by atoms with van der Waals surface area (Å²) in [5.41, 5.74) is 8.59. The molecule has 0 radical (unpaired) electrons. The fourth-order valence-electron chi connectivity index (χ4n) is 5.22. The minimum atomic E-state index is -4.98. The lowest BCUT2D eigenvalue weighted by Crippen LogP contribution is -2.35. The van der Waals surface area contributed by atoms with E-state index in [4.69, 9.17) is 10.8 Å². The predicted molar refractivity (Wildman–Crippen MR) is 154 cm³/mol. The number of amides is 2. The molecule has 13 heteroatoms. The molecule has 44 heavy (non-hydrogen) atoms. The predicted octanol–water partition coefficient (Wildman–Crippen LogP) is 5.64. The second kappa shape index (κ2) is 12.8. The number of anilines is 2. The number of nitrogens with zero attached hydrogens (tertiary/aromatic N) is 1. The van der Waals surface area contributed by atoms with E-state index in [0.29, 0.717) is 17.5 Å². The molecule has 0 saturated carbocycles. The Morgan fingerprint density at radius 2 is 1.89 bits per heavy atom. The summed E-state index contributed by atoms with van der Waals surface area (Å²) < 4.78 is 58.5. The molecule has 1 unspecified atom stereocenters. The fraction of sp³-hybridized carbons (Fsp3) is 0.323. The van der Waals surface area contributed by atoms with Gasteiger partial charge in [-0.1, -0.05) is 25.1 Å². The molecule has 0 bridgehead atoms. The van der Waals surface area contributed by atoms with Crippen LogP contribution in [0.15, 0.2) is 48.5 Å². The summed E-state index contributed by atoms with van der Waals surface area (Å²) in [6.07, 6.45) is -4.61. The average molecular weight is 617 g/mol. The van der Waals surface area contributed by atoms with Crippen LogP contribution in [-0.4, -0.2) is 41.2 Å². The summed E-state index contributed by atoms with van der Waals surface area (Å²) >= 11 is 0. The summed E-state index contributed by atoms with van der Waals surface area (Å²) in [4.78, 5) is 38.4. The van der Waals surface area contributed by atoms with Crippen molar-refractivity contribution < 1.29 is 41.8 Å². The van der Waals surface area contributed by atoms with Crippen LogP contribution in [0.1, 0.15) is 69.9 Å². The first-order chi connectivity index (χ1) is 20.6. The number of benzene rings is 3. The first-order valence-corrected chi connectivity index (χ1v) is 13.7. The zero-order valence-electron chi connectivity index (χ0n) is 24.2. The maximum absolute atomic E-state index is 15.2. The number of carboxylic acids is 1. The number of carboxylic acid groups (broad SMARTS) is 1. The highest BCUT2D eigenvalue weighted by Gasteiger charge is 2.33. The van der Waals surface area contributed by atoms with Crippen molar-refractivity contribution >= 4 is 29.2 Å². The third-order valence-corrected chi connectivity index (χ3v) is 7.47. The molecule has 4 rings (SSSR count). The number of nitrogen functional groups attached to an aromatic ring is 1. The average Bonchev–Trinajstić information content (AvgIpc) is 3.29. The number of nitrogens with one attached hydrogen (secondary N) is 2. The van der Waals surface area contributed by atoms with Crippen molar-refractivity contribution in [2.24, 2.45) is 0 Å². The summed E-state index contributed by atoms with van der Waals surface area (Å²) in [5, 5.41) is 14.6. The summed E-state index contributed by atoms with van der Waals surface area (Å²) in [7, 11) is 1.37. The largest absolute Gasteiger partial charge is 0.573 e. The zero-order chi connectivity index (χ0) is 32.3. The van der Waals surface area contributed by atoms with Crippen LogP contribution in [0.2, 0.25) is 0 Å². The number of halogens is 4. The van der Waals surface area contributed by atoms with Gasteiger partial charge in [0, 0.05) is 43.4 Å². The van der Waals surface area contributed by atoms with Crippen LogP contribution in [0.4, 0.5) is 28.9 Å². The Hall–Kier alpha value is -4.81. The molecular weight excluding hydrogens is 584 g/mol. The van der Waals surface area contributed by atoms with Gasteiger partial charge in [-0.15, -0.1) is 13.2 Å². The smallest absolute Gasteiger partial charge is 0.481 e. The normalized spacial score (nSPS) is 13.9. The lowest BCUT2D eigenvalue weighted by molar-refractivity contribution is -0.275. The minimum Gasteiger partial charge on any atom is -0.481 e. The van der Waals surface area contributed by atoms with Gasteiger partial charge in [0.2, 0.25) is 5.91 Å². The molecule has 0 aliphatic carbocycles. The molecule has 9 nitrogen and oxygen atoms in total.